The molecule has 2 aromatic rings. The zero-order valence-electron chi connectivity index (χ0n) is 12.9. The van der Waals surface area contributed by atoms with Gasteiger partial charge >= 0.3 is 0 Å². The Morgan fingerprint density at radius 3 is 2.55 bits per heavy atom. The number of ether oxygens (including phenoxy) is 1. The maximum atomic E-state index is 10.2. The van der Waals surface area contributed by atoms with E-state index in [0.29, 0.717) is 13.1 Å². The number of benzene rings is 2. The van der Waals surface area contributed by atoms with E-state index >= 15 is 0 Å². The van der Waals surface area contributed by atoms with Crippen LogP contribution in [0.3, 0.4) is 0 Å². The second-order valence-corrected chi connectivity index (χ2v) is 6.39. The summed E-state index contributed by atoms with van der Waals surface area (Å²) in [6, 6.07) is 15.6. The second-order valence-electron chi connectivity index (χ2n) is 5.48. The van der Waals surface area contributed by atoms with Gasteiger partial charge in [0, 0.05) is 23.1 Å². The van der Waals surface area contributed by atoms with Gasteiger partial charge in [-0.05, 0) is 37.6 Å². The summed E-state index contributed by atoms with van der Waals surface area (Å²) in [5.74, 6) is 0.875. The average molecular weight is 364 g/mol. The summed E-state index contributed by atoms with van der Waals surface area (Å²) in [7, 11) is 0. The highest BCUT2D eigenvalue weighted by atomic mass is 79.9. The third-order valence-corrected chi connectivity index (χ3v) is 3.72. The van der Waals surface area contributed by atoms with Crippen LogP contribution in [0.5, 0.6) is 5.75 Å². The molecule has 0 aliphatic heterocycles. The SMILES string of the molecule is CC(C)Oc1ccc(Br)cc1CNC[C@@H](O)c1ccccc1. The minimum atomic E-state index is -0.511. The van der Waals surface area contributed by atoms with Gasteiger partial charge in [-0.2, -0.15) is 0 Å². The van der Waals surface area contributed by atoms with Gasteiger partial charge in [0.1, 0.15) is 5.75 Å². The van der Waals surface area contributed by atoms with Gasteiger partial charge in [-0.15, -0.1) is 0 Å². The van der Waals surface area contributed by atoms with E-state index in [-0.39, 0.29) is 6.10 Å². The van der Waals surface area contributed by atoms with Crippen LogP contribution < -0.4 is 10.1 Å². The topological polar surface area (TPSA) is 41.5 Å². The van der Waals surface area contributed by atoms with Crippen molar-refractivity contribution in [1.29, 1.82) is 0 Å². The molecule has 0 spiro atoms. The van der Waals surface area contributed by atoms with E-state index in [2.05, 4.69) is 21.2 Å². The Kier molecular flexibility index (Phi) is 6.43. The molecular formula is C18H22BrNO2. The third-order valence-electron chi connectivity index (χ3n) is 3.22. The molecule has 2 N–H and O–H groups in total. The Bertz CT molecular complexity index is 587. The van der Waals surface area contributed by atoms with E-state index < -0.39 is 6.10 Å². The standard InChI is InChI=1S/C18H22BrNO2/c1-13(2)22-18-9-8-16(19)10-15(18)11-20-12-17(21)14-6-4-3-5-7-14/h3-10,13,17,20-21H,11-12H2,1-2H3/t17-/m1/s1. The van der Waals surface area contributed by atoms with Crippen LogP contribution in [0.15, 0.2) is 53.0 Å². The quantitative estimate of drug-likeness (QED) is 0.779. The van der Waals surface area contributed by atoms with Crippen molar-refractivity contribution in [2.45, 2.75) is 32.6 Å². The van der Waals surface area contributed by atoms with Crippen molar-refractivity contribution in [3.63, 3.8) is 0 Å². The van der Waals surface area contributed by atoms with Crippen molar-refractivity contribution in [2.75, 3.05) is 6.54 Å². The van der Waals surface area contributed by atoms with Gasteiger partial charge in [-0.25, -0.2) is 0 Å². The molecule has 4 heteroatoms. The Morgan fingerprint density at radius 1 is 1.14 bits per heavy atom. The molecule has 0 amide bonds. The zero-order chi connectivity index (χ0) is 15.9. The molecule has 22 heavy (non-hydrogen) atoms. The second kappa shape index (κ2) is 8.32. The maximum absolute atomic E-state index is 10.2. The number of nitrogens with one attached hydrogen (secondary N) is 1. The molecule has 2 rings (SSSR count). The predicted octanol–water partition coefficient (Wildman–Crippen LogP) is 4.06. The smallest absolute Gasteiger partial charge is 0.124 e. The normalized spacial score (nSPS) is 12.4. The first-order valence-electron chi connectivity index (χ1n) is 7.45. The van der Waals surface area contributed by atoms with Crippen molar-refractivity contribution in [3.05, 3.63) is 64.1 Å². The van der Waals surface area contributed by atoms with Crippen LogP contribution in [0.25, 0.3) is 0 Å². The van der Waals surface area contributed by atoms with Crippen LogP contribution in [0.4, 0.5) is 0 Å². The van der Waals surface area contributed by atoms with Crippen LogP contribution in [0, 0.1) is 0 Å². The Hall–Kier alpha value is -1.36. The molecule has 0 aliphatic carbocycles. The van der Waals surface area contributed by atoms with Crippen molar-refractivity contribution in [2.24, 2.45) is 0 Å². The van der Waals surface area contributed by atoms with Crippen LogP contribution in [-0.2, 0) is 6.54 Å². The molecule has 0 aliphatic rings. The summed E-state index contributed by atoms with van der Waals surface area (Å²) in [5.41, 5.74) is 1.99. The molecule has 1 atom stereocenters. The van der Waals surface area contributed by atoms with E-state index in [9.17, 15) is 5.11 Å². The summed E-state index contributed by atoms with van der Waals surface area (Å²) in [6.45, 7) is 5.17. The van der Waals surface area contributed by atoms with Crippen molar-refractivity contribution in [3.8, 4) is 5.75 Å². The lowest BCUT2D eigenvalue weighted by Crippen LogP contribution is -2.21. The Balaban J connectivity index is 1.95. The molecule has 3 nitrogen and oxygen atoms in total. The third kappa shape index (κ3) is 5.13. The summed E-state index contributed by atoms with van der Waals surface area (Å²) in [5, 5.41) is 13.5. The number of hydrogen-bond donors (Lipinski definition) is 2. The van der Waals surface area contributed by atoms with E-state index in [4.69, 9.17) is 4.74 Å². The van der Waals surface area contributed by atoms with Crippen LogP contribution in [-0.4, -0.2) is 17.8 Å². The highest BCUT2D eigenvalue weighted by Crippen LogP contribution is 2.24. The van der Waals surface area contributed by atoms with Gasteiger partial charge in [0.25, 0.3) is 0 Å². The van der Waals surface area contributed by atoms with E-state index in [1.54, 1.807) is 0 Å². The van der Waals surface area contributed by atoms with Gasteiger partial charge in [-0.3, -0.25) is 0 Å². The van der Waals surface area contributed by atoms with E-state index in [0.717, 1.165) is 21.3 Å². The minimum absolute atomic E-state index is 0.134. The molecule has 0 saturated heterocycles. The molecule has 0 unspecified atom stereocenters. The van der Waals surface area contributed by atoms with Crippen LogP contribution in [0.2, 0.25) is 0 Å². The number of hydrogen-bond acceptors (Lipinski definition) is 3. The van der Waals surface area contributed by atoms with Gasteiger partial charge in [0.15, 0.2) is 0 Å². The van der Waals surface area contributed by atoms with Gasteiger partial charge in [-0.1, -0.05) is 46.3 Å². The van der Waals surface area contributed by atoms with E-state index in [1.807, 2.05) is 62.4 Å². The molecule has 0 aromatic heterocycles. The lowest BCUT2D eigenvalue weighted by Gasteiger charge is -2.16. The highest BCUT2D eigenvalue weighted by Gasteiger charge is 2.09. The molecule has 2 aromatic carbocycles. The largest absolute Gasteiger partial charge is 0.491 e. The first kappa shape index (κ1) is 17.0. The van der Waals surface area contributed by atoms with Crippen molar-refractivity contribution >= 4 is 15.9 Å². The number of halogens is 1. The van der Waals surface area contributed by atoms with Crippen LogP contribution >= 0.6 is 15.9 Å². The molecular weight excluding hydrogens is 342 g/mol. The lowest BCUT2D eigenvalue weighted by atomic mass is 10.1. The van der Waals surface area contributed by atoms with Gasteiger partial charge in [0.05, 0.1) is 12.2 Å². The molecule has 0 heterocycles. The Labute approximate surface area is 140 Å². The first-order chi connectivity index (χ1) is 10.6. The lowest BCUT2D eigenvalue weighted by molar-refractivity contribution is 0.174. The molecule has 0 bridgehead atoms. The number of aliphatic hydroxyl groups is 1. The van der Waals surface area contributed by atoms with Crippen molar-refractivity contribution in [1.82, 2.24) is 5.32 Å². The number of rotatable bonds is 7. The fraction of sp³-hybridized carbons (Fsp3) is 0.333. The fourth-order valence-electron chi connectivity index (χ4n) is 2.19. The molecule has 0 radical (unpaired) electrons. The average Bonchev–Trinajstić information content (AvgIpc) is 2.50. The molecule has 0 fully saturated rings. The van der Waals surface area contributed by atoms with Crippen molar-refractivity contribution < 1.29 is 9.84 Å². The Morgan fingerprint density at radius 2 is 1.86 bits per heavy atom. The summed E-state index contributed by atoms with van der Waals surface area (Å²) >= 11 is 3.49. The fourth-order valence-corrected chi connectivity index (χ4v) is 2.60. The highest BCUT2D eigenvalue weighted by molar-refractivity contribution is 9.10. The maximum Gasteiger partial charge on any atom is 0.124 e. The first-order valence-corrected chi connectivity index (χ1v) is 8.24. The van der Waals surface area contributed by atoms with Gasteiger partial charge in [0.2, 0.25) is 0 Å². The predicted molar refractivity (Wildman–Crippen MR) is 93.0 cm³/mol. The summed E-state index contributed by atoms with van der Waals surface area (Å²) < 4.78 is 6.84. The van der Waals surface area contributed by atoms with Crippen LogP contribution in [0.1, 0.15) is 31.1 Å². The van der Waals surface area contributed by atoms with E-state index in [1.165, 1.54) is 0 Å². The minimum Gasteiger partial charge on any atom is -0.491 e. The summed E-state index contributed by atoms with van der Waals surface area (Å²) in [4.78, 5) is 0. The number of aliphatic hydroxyl groups excluding tert-OH is 1. The monoisotopic (exact) mass is 363 g/mol. The van der Waals surface area contributed by atoms with Gasteiger partial charge < -0.3 is 15.2 Å². The molecule has 0 saturated carbocycles. The zero-order valence-corrected chi connectivity index (χ0v) is 14.5. The molecule has 118 valence electrons. The summed E-state index contributed by atoms with van der Waals surface area (Å²) in [6.07, 6.45) is -0.377.